The lowest BCUT2D eigenvalue weighted by Gasteiger charge is -2.22. The summed E-state index contributed by atoms with van der Waals surface area (Å²) < 4.78 is 34.6. The number of carbonyl (C=O) groups excluding carboxylic acids is 2. The molecule has 0 N–H and O–H groups in total. The van der Waals surface area contributed by atoms with Gasteiger partial charge in [0.2, 0.25) is 0 Å². The predicted octanol–water partition coefficient (Wildman–Crippen LogP) is 0.836. The minimum absolute atomic E-state index is 0.0249. The highest BCUT2D eigenvalue weighted by Gasteiger charge is 2.43. The molecule has 1 aromatic rings. The molecule has 1 aliphatic rings. The summed E-state index contributed by atoms with van der Waals surface area (Å²) in [7, 11) is -1.24. The molecule has 0 aromatic heterocycles. The van der Waals surface area contributed by atoms with Gasteiger partial charge in [0.15, 0.2) is 15.6 Å². The fraction of sp³-hybridized carbons (Fsp3) is 0.385. The number of ketones is 1. The van der Waals surface area contributed by atoms with E-state index < -0.39 is 21.3 Å². The molecule has 7 nitrogen and oxygen atoms in total. The van der Waals surface area contributed by atoms with E-state index in [1.165, 1.54) is 31.4 Å². The highest BCUT2D eigenvalue weighted by molar-refractivity contribution is 7.92. The third-order valence-electron chi connectivity index (χ3n) is 3.25. The zero-order valence-electron chi connectivity index (χ0n) is 11.6. The average Bonchev–Trinajstić information content (AvgIpc) is 2.89. The molecule has 2 rings (SSSR count). The second-order valence-corrected chi connectivity index (χ2v) is 6.62. The van der Waals surface area contributed by atoms with Crippen LogP contribution in [0, 0.1) is 0 Å². The second-order valence-electron chi connectivity index (χ2n) is 4.52. The summed E-state index contributed by atoms with van der Waals surface area (Å²) in [5.74, 6) is 0.198. The first-order valence-electron chi connectivity index (χ1n) is 6.14. The number of Topliss-reactive ketones (excluding diaryl/α,β-unsaturated/α-hetero) is 1. The predicted molar refractivity (Wildman–Crippen MR) is 72.7 cm³/mol. The Morgan fingerprint density at radius 1 is 1.24 bits per heavy atom. The Kier molecular flexibility index (Phi) is 4.17. The third-order valence-corrected chi connectivity index (χ3v) is 5.32. The first kappa shape index (κ1) is 15.3. The lowest BCUT2D eigenvalue weighted by Crippen LogP contribution is -2.40. The summed E-state index contributed by atoms with van der Waals surface area (Å²) in [6.07, 6.45) is -1.06. The Morgan fingerprint density at radius 3 is 2.38 bits per heavy atom. The van der Waals surface area contributed by atoms with Crippen molar-refractivity contribution in [2.45, 2.75) is 16.7 Å². The normalized spacial score (nSPS) is 18.7. The van der Waals surface area contributed by atoms with Crippen LogP contribution >= 0.6 is 0 Å². The number of benzene rings is 1. The van der Waals surface area contributed by atoms with Crippen molar-refractivity contribution in [2.75, 3.05) is 20.8 Å². The number of carbonyl (C=O) groups is 2. The van der Waals surface area contributed by atoms with Crippen LogP contribution in [0.15, 0.2) is 29.2 Å². The van der Waals surface area contributed by atoms with E-state index in [0.29, 0.717) is 5.75 Å². The first-order valence-corrected chi connectivity index (χ1v) is 7.69. The van der Waals surface area contributed by atoms with Crippen LogP contribution in [0.2, 0.25) is 0 Å². The second kappa shape index (κ2) is 5.72. The molecule has 1 saturated heterocycles. The molecule has 1 atom stereocenters. The quantitative estimate of drug-likeness (QED) is 0.821. The van der Waals surface area contributed by atoms with Gasteiger partial charge in [-0.2, -0.15) is 0 Å². The van der Waals surface area contributed by atoms with Crippen molar-refractivity contribution in [1.82, 2.24) is 4.90 Å². The Labute approximate surface area is 122 Å². The third kappa shape index (κ3) is 2.85. The molecule has 0 saturated carbocycles. The monoisotopic (exact) mass is 313 g/mol. The summed E-state index contributed by atoms with van der Waals surface area (Å²) in [5, 5.41) is -1.23. The van der Waals surface area contributed by atoms with E-state index in [1.54, 1.807) is 0 Å². The smallest absolute Gasteiger partial charge is 0.410 e. The molecule has 1 heterocycles. The van der Waals surface area contributed by atoms with Crippen molar-refractivity contribution in [2.24, 2.45) is 0 Å². The molecular formula is C13H15NO6S. The number of hydrogen-bond acceptors (Lipinski definition) is 6. The van der Waals surface area contributed by atoms with E-state index in [-0.39, 0.29) is 23.6 Å². The first-order chi connectivity index (χ1) is 9.90. The Balaban J connectivity index is 2.36. The number of hydrogen-bond donors (Lipinski definition) is 0. The van der Waals surface area contributed by atoms with E-state index in [2.05, 4.69) is 4.74 Å². The van der Waals surface area contributed by atoms with Crippen LogP contribution in [-0.4, -0.2) is 51.3 Å². The maximum absolute atomic E-state index is 12.6. The van der Waals surface area contributed by atoms with Crippen molar-refractivity contribution in [3.8, 4) is 5.75 Å². The number of methoxy groups -OCH3 is 2. The van der Waals surface area contributed by atoms with Gasteiger partial charge in [-0.25, -0.2) is 13.2 Å². The van der Waals surface area contributed by atoms with Crippen LogP contribution in [0.3, 0.4) is 0 Å². The standard InChI is InChI=1S/C13H15NO6S/c1-19-10-3-5-11(6-4-10)21(17,18)12-7-9(15)8-14(12)13(16)20-2/h3-6,12H,7-8H2,1-2H3/t12-/m1/s1. The molecule has 21 heavy (non-hydrogen) atoms. The zero-order valence-corrected chi connectivity index (χ0v) is 12.4. The molecule has 0 unspecified atom stereocenters. The fourth-order valence-corrected chi connectivity index (χ4v) is 3.89. The SMILES string of the molecule is COC(=O)N1CC(=O)C[C@H]1S(=O)(=O)c1ccc(OC)cc1. The molecule has 0 bridgehead atoms. The Bertz CT molecular complexity index is 652. The Hall–Kier alpha value is -2.09. The van der Waals surface area contributed by atoms with Crippen LogP contribution in [0.5, 0.6) is 5.75 Å². The number of amides is 1. The maximum atomic E-state index is 12.6. The number of ether oxygens (including phenoxy) is 2. The number of nitrogens with zero attached hydrogens (tertiary/aromatic N) is 1. The van der Waals surface area contributed by atoms with E-state index in [9.17, 15) is 18.0 Å². The van der Waals surface area contributed by atoms with Crippen molar-refractivity contribution in [1.29, 1.82) is 0 Å². The fourth-order valence-electron chi connectivity index (χ4n) is 2.16. The zero-order chi connectivity index (χ0) is 15.6. The van der Waals surface area contributed by atoms with Gasteiger partial charge in [0, 0.05) is 6.42 Å². The van der Waals surface area contributed by atoms with Gasteiger partial charge in [-0.1, -0.05) is 0 Å². The summed E-state index contributed by atoms with van der Waals surface area (Å²) in [6.45, 7) is -0.257. The molecule has 1 aromatic carbocycles. The van der Waals surface area contributed by atoms with Gasteiger partial charge in [-0.15, -0.1) is 0 Å². The van der Waals surface area contributed by atoms with Crippen molar-refractivity contribution < 1.29 is 27.5 Å². The van der Waals surface area contributed by atoms with Gasteiger partial charge in [0.1, 0.15) is 11.1 Å². The average molecular weight is 313 g/mol. The van der Waals surface area contributed by atoms with E-state index in [1.807, 2.05) is 0 Å². The van der Waals surface area contributed by atoms with Gasteiger partial charge >= 0.3 is 6.09 Å². The van der Waals surface area contributed by atoms with Crippen LogP contribution in [0.4, 0.5) is 4.79 Å². The maximum Gasteiger partial charge on any atom is 0.410 e. The molecule has 8 heteroatoms. The van der Waals surface area contributed by atoms with Gasteiger partial charge < -0.3 is 9.47 Å². The highest BCUT2D eigenvalue weighted by atomic mass is 32.2. The number of likely N-dealkylation sites (tertiary alicyclic amines) is 1. The summed E-state index contributed by atoms with van der Waals surface area (Å²) >= 11 is 0. The highest BCUT2D eigenvalue weighted by Crippen LogP contribution is 2.27. The topological polar surface area (TPSA) is 90.0 Å². The number of sulfone groups is 1. The molecule has 1 fully saturated rings. The van der Waals surface area contributed by atoms with E-state index in [4.69, 9.17) is 4.74 Å². The van der Waals surface area contributed by atoms with Gasteiger partial charge in [0.25, 0.3) is 0 Å². The summed E-state index contributed by atoms with van der Waals surface area (Å²) in [6, 6.07) is 5.77. The van der Waals surface area contributed by atoms with Crippen LogP contribution < -0.4 is 4.74 Å². The van der Waals surface area contributed by atoms with E-state index in [0.717, 1.165) is 12.0 Å². The largest absolute Gasteiger partial charge is 0.497 e. The lowest BCUT2D eigenvalue weighted by molar-refractivity contribution is -0.116. The van der Waals surface area contributed by atoms with Gasteiger partial charge in [-0.3, -0.25) is 9.69 Å². The van der Waals surface area contributed by atoms with Gasteiger partial charge in [0.05, 0.1) is 25.7 Å². The number of rotatable bonds is 3. The molecule has 114 valence electrons. The van der Waals surface area contributed by atoms with Gasteiger partial charge in [-0.05, 0) is 24.3 Å². The summed E-state index contributed by atoms with van der Waals surface area (Å²) in [4.78, 5) is 24.1. The van der Waals surface area contributed by atoms with Crippen molar-refractivity contribution >= 4 is 21.7 Å². The molecule has 1 aliphatic heterocycles. The van der Waals surface area contributed by atoms with Crippen LogP contribution in [0.1, 0.15) is 6.42 Å². The molecule has 0 radical (unpaired) electrons. The molecule has 1 amide bonds. The minimum Gasteiger partial charge on any atom is -0.497 e. The summed E-state index contributed by atoms with van der Waals surface area (Å²) in [5.41, 5.74) is 0. The lowest BCUT2D eigenvalue weighted by atomic mass is 10.3. The minimum atomic E-state index is -3.85. The van der Waals surface area contributed by atoms with Crippen LogP contribution in [-0.2, 0) is 19.4 Å². The van der Waals surface area contributed by atoms with Crippen LogP contribution in [0.25, 0.3) is 0 Å². The Morgan fingerprint density at radius 2 is 1.86 bits per heavy atom. The van der Waals surface area contributed by atoms with Crippen molar-refractivity contribution in [3.63, 3.8) is 0 Å². The molecule has 0 aliphatic carbocycles. The van der Waals surface area contributed by atoms with Crippen molar-refractivity contribution in [3.05, 3.63) is 24.3 Å². The molecule has 0 spiro atoms. The molecular weight excluding hydrogens is 298 g/mol. The van der Waals surface area contributed by atoms with E-state index >= 15 is 0 Å².